The zero-order valence-corrected chi connectivity index (χ0v) is 19.4. The fourth-order valence-electron chi connectivity index (χ4n) is 3.55. The summed E-state index contributed by atoms with van der Waals surface area (Å²) in [6.07, 6.45) is 1.43. The molecule has 29 heavy (non-hydrogen) atoms. The van der Waals surface area contributed by atoms with E-state index in [1.807, 2.05) is 32.9 Å². The van der Waals surface area contributed by atoms with E-state index in [4.69, 9.17) is 11.6 Å². The molecule has 2 rings (SSSR count). The monoisotopic (exact) mass is 436 g/mol. The van der Waals surface area contributed by atoms with Gasteiger partial charge in [0.25, 0.3) is 0 Å². The number of sulfonamides is 1. The number of halogens is 1. The molecule has 0 fully saturated rings. The van der Waals surface area contributed by atoms with Crippen LogP contribution in [0, 0.1) is 20.8 Å². The molecule has 2 atom stereocenters. The van der Waals surface area contributed by atoms with Gasteiger partial charge in [0.1, 0.15) is 6.04 Å². The van der Waals surface area contributed by atoms with Crippen LogP contribution in [0.1, 0.15) is 48.6 Å². The molecular formula is C22H29ClN2O3S. The van der Waals surface area contributed by atoms with Gasteiger partial charge in [-0.2, -0.15) is 0 Å². The van der Waals surface area contributed by atoms with Crippen molar-refractivity contribution in [1.29, 1.82) is 0 Å². The molecular weight excluding hydrogens is 408 g/mol. The van der Waals surface area contributed by atoms with Gasteiger partial charge in [-0.05, 0) is 62.9 Å². The van der Waals surface area contributed by atoms with Crippen LogP contribution in [0.25, 0.3) is 0 Å². The minimum atomic E-state index is -3.71. The molecule has 0 bridgehead atoms. The molecule has 2 aromatic carbocycles. The average Bonchev–Trinajstić information content (AvgIpc) is 2.60. The molecule has 0 saturated carbocycles. The van der Waals surface area contributed by atoms with Gasteiger partial charge in [0, 0.05) is 5.02 Å². The quantitative estimate of drug-likeness (QED) is 0.684. The second kappa shape index (κ2) is 9.18. The van der Waals surface area contributed by atoms with Crippen LogP contribution in [-0.2, 0) is 14.8 Å². The Labute approximate surface area is 179 Å². The first-order valence-electron chi connectivity index (χ1n) is 9.58. The number of nitrogens with zero attached hydrogens (tertiary/aromatic N) is 1. The SMILES string of the molecule is CC[C@@H](C(=O)N[C@H](C)c1ccc(C)cc1C)N(c1cc(Cl)ccc1C)S(C)(=O)=O. The van der Waals surface area contributed by atoms with Gasteiger partial charge in [0.15, 0.2) is 0 Å². The predicted octanol–water partition coefficient (Wildman–Crippen LogP) is 4.69. The number of carbonyl (C=O) groups excluding carboxylic acids is 1. The van der Waals surface area contributed by atoms with Crippen LogP contribution in [0.3, 0.4) is 0 Å². The number of rotatable bonds is 7. The summed E-state index contributed by atoms with van der Waals surface area (Å²) in [4.78, 5) is 13.1. The molecule has 0 aliphatic carbocycles. The number of anilines is 1. The Balaban J connectivity index is 2.39. The minimum Gasteiger partial charge on any atom is -0.348 e. The third-order valence-electron chi connectivity index (χ3n) is 4.99. The van der Waals surface area contributed by atoms with Gasteiger partial charge in [-0.25, -0.2) is 8.42 Å². The van der Waals surface area contributed by atoms with Gasteiger partial charge in [0.05, 0.1) is 18.0 Å². The van der Waals surface area contributed by atoms with Crippen molar-refractivity contribution in [1.82, 2.24) is 5.32 Å². The van der Waals surface area contributed by atoms with Crippen LogP contribution in [0.5, 0.6) is 0 Å². The van der Waals surface area contributed by atoms with E-state index >= 15 is 0 Å². The molecule has 1 N–H and O–H groups in total. The smallest absolute Gasteiger partial charge is 0.244 e. The Morgan fingerprint density at radius 1 is 1.10 bits per heavy atom. The topological polar surface area (TPSA) is 66.5 Å². The van der Waals surface area contributed by atoms with Crippen LogP contribution >= 0.6 is 11.6 Å². The Morgan fingerprint density at radius 3 is 2.31 bits per heavy atom. The molecule has 0 heterocycles. The van der Waals surface area contributed by atoms with Crippen molar-refractivity contribution in [2.45, 2.75) is 53.1 Å². The lowest BCUT2D eigenvalue weighted by Gasteiger charge is -2.32. The molecule has 2 aromatic rings. The highest BCUT2D eigenvalue weighted by Gasteiger charge is 2.33. The van der Waals surface area contributed by atoms with E-state index in [1.165, 1.54) is 4.31 Å². The number of benzene rings is 2. The average molecular weight is 437 g/mol. The van der Waals surface area contributed by atoms with Gasteiger partial charge in [-0.15, -0.1) is 0 Å². The number of hydrogen-bond acceptors (Lipinski definition) is 3. The van der Waals surface area contributed by atoms with Crippen molar-refractivity contribution < 1.29 is 13.2 Å². The van der Waals surface area contributed by atoms with Gasteiger partial charge < -0.3 is 5.32 Å². The summed E-state index contributed by atoms with van der Waals surface area (Å²) < 4.78 is 26.5. The van der Waals surface area contributed by atoms with Crippen LogP contribution in [0.15, 0.2) is 36.4 Å². The Morgan fingerprint density at radius 2 is 1.76 bits per heavy atom. The van der Waals surface area contributed by atoms with Crippen molar-refractivity contribution in [2.75, 3.05) is 10.6 Å². The highest BCUT2D eigenvalue weighted by Crippen LogP contribution is 2.29. The highest BCUT2D eigenvalue weighted by atomic mass is 35.5. The standard InChI is InChI=1S/C22H29ClN2O3S/c1-7-20(22(26)24-17(5)19-11-8-14(2)12-16(19)4)25(29(6,27)28)21-13-18(23)10-9-15(21)3/h8-13,17,20H,7H2,1-6H3,(H,24,26)/t17-,20+/m1/s1. The van der Waals surface area contributed by atoms with Crippen LogP contribution in [0.2, 0.25) is 5.02 Å². The van der Waals surface area contributed by atoms with Gasteiger partial charge in [-0.3, -0.25) is 9.10 Å². The maximum atomic E-state index is 13.1. The van der Waals surface area contributed by atoms with E-state index in [-0.39, 0.29) is 11.9 Å². The molecule has 0 aromatic heterocycles. The van der Waals surface area contributed by atoms with E-state index < -0.39 is 16.1 Å². The summed E-state index contributed by atoms with van der Waals surface area (Å²) in [5.74, 6) is -0.343. The lowest BCUT2D eigenvalue weighted by molar-refractivity contribution is -0.122. The zero-order chi connectivity index (χ0) is 21.9. The number of carbonyl (C=O) groups is 1. The van der Waals surface area contributed by atoms with Gasteiger partial charge >= 0.3 is 0 Å². The largest absolute Gasteiger partial charge is 0.348 e. The lowest BCUT2D eigenvalue weighted by atomic mass is 10.00. The number of aryl methyl sites for hydroxylation is 3. The summed E-state index contributed by atoms with van der Waals surface area (Å²) in [6.45, 7) is 9.51. The molecule has 0 aliphatic heterocycles. The summed E-state index contributed by atoms with van der Waals surface area (Å²) in [7, 11) is -3.71. The molecule has 5 nitrogen and oxygen atoms in total. The van der Waals surface area contributed by atoms with E-state index in [0.29, 0.717) is 17.1 Å². The molecule has 0 saturated heterocycles. The molecule has 0 radical (unpaired) electrons. The summed E-state index contributed by atoms with van der Waals surface area (Å²) in [6, 6.07) is 9.96. The third kappa shape index (κ3) is 5.52. The molecule has 0 spiro atoms. The summed E-state index contributed by atoms with van der Waals surface area (Å²) in [5, 5.41) is 3.40. The number of nitrogens with one attached hydrogen (secondary N) is 1. The highest BCUT2D eigenvalue weighted by molar-refractivity contribution is 7.92. The lowest BCUT2D eigenvalue weighted by Crippen LogP contribution is -2.50. The second-order valence-electron chi connectivity index (χ2n) is 7.50. The van der Waals surface area contributed by atoms with E-state index in [0.717, 1.165) is 28.5 Å². The van der Waals surface area contributed by atoms with Crippen LogP contribution in [0.4, 0.5) is 5.69 Å². The maximum absolute atomic E-state index is 13.1. The first kappa shape index (κ1) is 23.2. The molecule has 0 unspecified atom stereocenters. The van der Waals surface area contributed by atoms with Crippen molar-refractivity contribution in [2.24, 2.45) is 0 Å². The zero-order valence-electron chi connectivity index (χ0n) is 17.8. The molecule has 158 valence electrons. The van der Waals surface area contributed by atoms with E-state index in [1.54, 1.807) is 32.0 Å². The van der Waals surface area contributed by atoms with Crippen LogP contribution < -0.4 is 9.62 Å². The first-order chi connectivity index (χ1) is 13.5. The van der Waals surface area contributed by atoms with E-state index in [2.05, 4.69) is 11.4 Å². The van der Waals surface area contributed by atoms with Crippen molar-refractivity contribution in [3.8, 4) is 0 Å². The van der Waals surface area contributed by atoms with E-state index in [9.17, 15) is 13.2 Å². The number of amides is 1. The molecule has 7 heteroatoms. The van der Waals surface area contributed by atoms with Gasteiger partial charge in [0.2, 0.25) is 15.9 Å². The fourth-order valence-corrected chi connectivity index (χ4v) is 4.98. The minimum absolute atomic E-state index is 0.251. The Kier molecular flexibility index (Phi) is 7.35. The van der Waals surface area contributed by atoms with Crippen molar-refractivity contribution in [3.63, 3.8) is 0 Å². The summed E-state index contributed by atoms with van der Waals surface area (Å²) >= 11 is 6.11. The Bertz CT molecular complexity index is 1010. The predicted molar refractivity (Wildman–Crippen MR) is 120 cm³/mol. The van der Waals surface area contributed by atoms with Gasteiger partial charge in [-0.1, -0.05) is 48.4 Å². The first-order valence-corrected chi connectivity index (χ1v) is 11.8. The number of hydrogen-bond donors (Lipinski definition) is 1. The fraction of sp³-hybridized carbons (Fsp3) is 0.409. The Hall–Kier alpha value is -2.05. The van der Waals surface area contributed by atoms with Crippen LogP contribution in [-0.4, -0.2) is 26.6 Å². The van der Waals surface area contributed by atoms with Crippen molar-refractivity contribution >= 4 is 33.2 Å². The van der Waals surface area contributed by atoms with Crippen molar-refractivity contribution in [3.05, 3.63) is 63.7 Å². The molecule has 0 aliphatic rings. The normalized spacial score (nSPS) is 13.6. The second-order valence-corrected chi connectivity index (χ2v) is 9.80. The third-order valence-corrected chi connectivity index (χ3v) is 6.39. The summed E-state index contributed by atoms with van der Waals surface area (Å²) in [5.41, 5.74) is 4.38. The molecule has 1 amide bonds. The maximum Gasteiger partial charge on any atom is 0.244 e.